The molecule has 0 spiro atoms. The van der Waals surface area contributed by atoms with Crippen LogP contribution in [0.4, 0.5) is 5.69 Å². The van der Waals surface area contributed by atoms with E-state index in [-0.39, 0.29) is 5.97 Å². The largest absolute Gasteiger partial charge is 0.456 e. The van der Waals surface area contributed by atoms with Crippen LogP contribution in [0.3, 0.4) is 0 Å². The van der Waals surface area contributed by atoms with Gasteiger partial charge in [0.25, 0.3) is 0 Å². The lowest BCUT2D eigenvalue weighted by Crippen LogP contribution is -2.23. The minimum absolute atomic E-state index is 0.299. The summed E-state index contributed by atoms with van der Waals surface area (Å²) in [5.41, 5.74) is 10.1. The molecule has 0 unspecified atom stereocenters. The Morgan fingerprint density at radius 2 is 1.73 bits per heavy atom. The summed E-state index contributed by atoms with van der Waals surface area (Å²) in [6.07, 6.45) is 0.911. The molecule has 2 aromatic carbocycles. The monoisotopic (exact) mass is 297 g/mol. The number of carbonyl (C=O) groups excluding carboxylic acids is 1. The molecule has 2 aromatic rings. The number of anilines is 1. The standard InChI is InChI=1S/C19H23NO2/c1-5-13-12-16(20)10-11-17(13)14-6-8-15(9-7-14)18(21)22-19(2,3)4/h6-12H,5,20H2,1-4H3. The smallest absolute Gasteiger partial charge is 0.338 e. The first-order valence-electron chi connectivity index (χ1n) is 7.52. The van der Waals surface area contributed by atoms with E-state index in [1.54, 1.807) is 12.1 Å². The van der Waals surface area contributed by atoms with Gasteiger partial charge in [0, 0.05) is 5.69 Å². The topological polar surface area (TPSA) is 52.3 Å². The lowest BCUT2D eigenvalue weighted by Gasteiger charge is -2.19. The van der Waals surface area contributed by atoms with E-state index < -0.39 is 5.60 Å². The third-order valence-electron chi connectivity index (χ3n) is 3.34. The molecule has 3 heteroatoms. The molecule has 0 saturated carbocycles. The van der Waals surface area contributed by atoms with Gasteiger partial charge in [-0.2, -0.15) is 0 Å². The second-order valence-corrected chi connectivity index (χ2v) is 6.35. The highest BCUT2D eigenvalue weighted by atomic mass is 16.6. The Balaban J connectivity index is 2.28. The zero-order chi connectivity index (χ0) is 16.3. The van der Waals surface area contributed by atoms with E-state index in [1.807, 2.05) is 51.1 Å². The highest BCUT2D eigenvalue weighted by Gasteiger charge is 2.17. The Hall–Kier alpha value is -2.29. The van der Waals surface area contributed by atoms with Crippen LogP contribution in [0.5, 0.6) is 0 Å². The van der Waals surface area contributed by atoms with Crippen LogP contribution in [-0.2, 0) is 11.2 Å². The summed E-state index contributed by atoms with van der Waals surface area (Å²) in [4.78, 5) is 12.0. The molecule has 0 fully saturated rings. The number of esters is 1. The third-order valence-corrected chi connectivity index (χ3v) is 3.34. The molecule has 2 N–H and O–H groups in total. The fourth-order valence-corrected chi connectivity index (χ4v) is 2.31. The predicted molar refractivity (Wildman–Crippen MR) is 90.8 cm³/mol. The first-order valence-corrected chi connectivity index (χ1v) is 7.52. The normalized spacial score (nSPS) is 11.3. The fourth-order valence-electron chi connectivity index (χ4n) is 2.31. The summed E-state index contributed by atoms with van der Waals surface area (Å²) in [5.74, 6) is -0.299. The molecule has 3 nitrogen and oxygen atoms in total. The number of hydrogen-bond donors (Lipinski definition) is 1. The lowest BCUT2D eigenvalue weighted by molar-refractivity contribution is 0.00696. The van der Waals surface area contributed by atoms with Crippen LogP contribution in [0.1, 0.15) is 43.6 Å². The van der Waals surface area contributed by atoms with Crippen molar-refractivity contribution in [2.45, 2.75) is 39.7 Å². The number of benzene rings is 2. The van der Waals surface area contributed by atoms with Crippen LogP contribution in [-0.4, -0.2) is 11.6 Å². The van der Waals surface area contributed by atoms with Crippen molar-refractivity contribution in [3.8, 4) is 11.1 Å². The van der Waals surface area contributed by atoms with E-state index in [9.17, 15) is 4.79 Å². The fraction of sp³-hybridized carbons (Fsp3) is 0.316. The predicted octanol–water partition coefficient (Wildman–Crippen LogP) is 4.45. The van der Waals surface area contributed by atoms with E-state index in [0.717, 1.165) is 23.2 Å². The Bertz CT molecular complexity index is 667. The molecule has 116 valence electrons. The van der Waals surface area contributed by atoms with Crippen molar-refractivity contribution in [2.75, 3.05) is 5.73 Å². The maximum absolute atomic E-state index is 12.0. The highest BCUT2D eigenvalue weighted by molar-refractivity contribution is 5.90. The van der Waals surface area contributed by atoms with E-state index in [2.05, 4.69) is 6.92 Å². The molecular weight excluding hydrogens is 274 g/mol. The lowest BCUT2D eigenvalue weighted by atomic mass is 9.97. The molecule has 2 rings (SSSR count). The number of ether oxygens (including phenoxy) is 1. The minimum Gasteiger partial charge on any atom is -0.456 e. The van der Waals surface area contributed by atoms with E-state index in [1.165, 1.54) is 5.56 Å². The molecule has 0 aromatic heterocycles. The van der Waals surface area contributed by atoms with Gasteiger partial charge in [-0.05, 0) is 68.1 Å². The molecule has 22 heavy (non-hydrogen) atoms. The molecule has 0 heterocycles. The summed E-state index contributed by atoms with van der Waals surface area (Å²) >= 11 is 0. The second-order valence-electron chi connectivity index (χ2n) is 6.35. The summed E-state index contributed by atoms with van der Waals surface area (Å²) < 4.78 is 5.37. The average Bonchev–Trinajstić information content (AvgIpc) is 2.45. The number of hydrogen-bond acceptors (Lipinski definition) is 3. The maximum atomic E-state index is 12.0. The number of aryl methyl sites for hydroxylation is 1. The van der Waals surface area contributed by atoms with E-state index in [4.69, 9.17) is 10.5 Å². The molecular formula is C19H23NO2. The van der Waals surface area contributed by atoms with Crippen LogP contribution >= 0.6 is 0 Å². The molecule has 0 bridgehead atoms. The van der Waals surface area contributed by atoms with Gasteiger partial charge in [0.2, 0.25) is 0 Å². The molecule has 0 radical (unpaired) electrons. The minimum atomic E-state index is -0.484. The van der Waals surface area contributed by atoms with Crippen LogP contribution in [0.25, 0.3) is 11.1 Å². The first-order chi connectivity index (χ1) is 10.3. The Morgan fingerprint density at radius 1 is 1.09 bits per heavy atom. The van der Waals surface area contributed by atoms with Crippen molar-refractivity contribution in [3.63, 3.8) is 0 Å². The number of carbonyl (C=O) groups is 1. The average molecular weight is 297 g/mol. The van der Waals surface area contributed by atoms with Gasteiger partial charge in [0.15, 0.2) is 0 Å². The molecule has 0 atom stereocenters. The second kappa shape index (κ2) is 6.22. The van der Waals surface area contributed by atoms with Gasteiger partial charge in [-0.1, -0.05) is 25.1 Å². The van der Waals surface area contributed by atoms with Gasteiger partial charge >= 0.3 is 5.97 Å². The molecule has 0 aliphatic carbocycles. The van der Waals surface area contributed by atoms with Crippen LogP contribution in [0.2, 0.25) is 0 Å². The van der Waals surface area contributed by atoms with E-state index >= 15 is 0 Å². The van der Waals surface area contributed by atoms with Crippen LogP contribution in [0.15, 0.2) is 42.5 Å². The van der Waals surface area contributed by atoms with Crippen molar-refractivity contribution in [1.82, 2.24) is 0 Å². The van der Waals surface area contributed by atoms with Gasteiger partial charge in [0.1, 0.15) is 5.60 Å². The zero-order valence-corrected chi connectivity index (χ0v) is 13.6. The van der Waals surface area contributed by atoms with Crippen LogP contribution < -0.4 is 5.73 Å². The Morgan fingerprint density at radius 3 is 2.27 bits per heavy atom. The van der Waals surface area contributed by atoms with E-state index in [0.29, 0.717) is 5.56 Å². The van der Waals surface area contributed by atoms with Crippen molar-refractivity contribution in [2.24, 2.45) is 0 Å². The quantitative estimate of drug-likeness (QED) is 0.672. The number of rotatable bonds is 3. The molecule has 0 aliphatic rings. The van der Waals surface area contributed by atoms with Gasteiger partial charge < -0.3 is 10.5 Å². The Labute approximate surface area is 132 Å². The summed E-state index contributed by atoms with van der Waals surface area (Å²) in [6, 6.07) is 13.4. The number of nitrogen functional groups attached to an aromatic ring is 1. The maximum Gasteiger partial charge on any atom is 0.338 e. The van der Waals surface area contributed by atoms with Gasteiger partial charge in [0.05, 0.1) is 5.56 Å². The first kappa shape index (κ1) is 16.1. The van der Waals surface area contributed by atoms with Crippen molar-refractivity contribution in [1.29, 1.82) is 0 Å². The van der Waals surface area contributed by atoms with Crippen molar-refractivity contribution in [3.05, 3.63) is 53.6 Å². The van der Waals surface area contributed by atoms with Gasteiger partial charge in [-0.3, -0.25) is 0 Å². The number of nitrogens with two attached hydrogens (primary N) is 1. The SMILES string of the molecule is CCc1cc(N)ccc1-c1ccc(C(=O)OC(C)(C)C)cc1. The molecule has 0 amide bonds. The third kappa shape index (κ3) is 3.88. The summed E-state index contributed by atoms with van der Waals surface area (Å²) in [7, 11) is 0. The van der Waals surface area contributed by atoms with Crippen molar-refractivity contribution < 1.29 is 9.53 Å². The molecule has 0 aliphatic heterocycles. The summed E-state index contributed by atoms with van der Waals surface area (Å²) in [5, 5.41) is 0. The van der Waals surface area contributed by atoms with Gasteiger partial charge in [-0.15, -0.1) is 0 Å². The Kier molecular flexibility index (Phi) is 4.55. The van der Waals surface area contributed by atoms with Crippen LogP contribution in [0, 0.1) is 0 Å². The highest BCUT2D eigenvalue weighted by Crippen LogP contribution is 2.26. The van der Waals surface area contributed by atoms with Crippen molar-refractivity contribution >= 4 is 11.7 Å². The summed E-state index contributed by atoms with van der Waals surface area (Å²) in [6.45, 7) is 7.69. The molecule has 0 saturated heterocycles. The zero-order valence-electron chi connectivity index (χ0n) is 13.6. The van der Waals surface area contributed by atoms with Gasteiger partial charge in [-0.25, -0.2) is 4.79 Å².